The molecule has 3 N–H and O–H groups in total. The van der Waals surface area contributed by atoms with Crippen molar-refractivity contribution in [3.05, 3.63) is 27.3 Å². The van der Waals surface area contributed by atoms with Crippen LogP contribution in [0.15, 0.2) is 18.2 Å². The third-order valence-corrected chi connectivity index (χ3v) is 11.0. The number of benzene rings is 1. The van der Waals surface area contributed by atoms with E-state index in [1.54, 1.807) is 12.0 Å². The van der Waals surface area contributed by atoms with Gasteiger partial charge >= 0.3 is 0 Å². The molecule has 3 saturated carbocycles. The molecule has 2 saturated heterocycles. The van der Waals surface area contributed by atoms with Crippen LogP contribution in [0.3, 0.4) is 0 Å². The van der Waals surface area contributed by atoms with Gasteiger partial charge in [0.05, 0.1) is 36.0 Å². The number of hydrogen-bond donors (Lipinski definition) is 3. The van der Waals surface area contributed by atoms with Crippen LogP contribution in [-0.4, -0.2) is 96.4 Å². The number of halogens is 1. The van der Waals surface area contributed by atoms with Gasteiger partial charge in [-0.25, -0.2) is 0 Å². The highest BCUT2D eigenvalue weighted by Crippen LogP contribution is 2.61. The number of aliphatic hydroxyl groups excluding tert-OH is 2. The number of hydroxylamine groups is 2. The van der Waals surface area contributed by atoms with Crippen molar-refractivity contribution in [3.8, 4) is 5.75 Å². The molecular weight excluding hydrogens is 625 g/mol. The summed E-state index contributed by atoms with van der Waals surface area (Å²) in [6.45, 7) is 13.3. The predicted octanol–water partition coefficient (Wildman–Crippen LogP) is 2.66. The van der Waals surface area contributed by atoms with E-state index < -0.39 is 24.2 Å². The van der Waals surface area contributed by atoms with Gasteiger partial charge in [0.2, 0.25) is 5.91 Å². The van der Waals surface area contributed by atoms with Crippen molar-refractivity contribution < 1.29 is 29.3 Å². The Morgan fingerprint density at radius 3 is 2.67 bits per heavy atom. The fraction of sp³-hybridized carbons (Fsp3) is 0.767. The zero-order chi connectivity index (χ0) is 28.6. The van der Waals surface area contributed by atoms with Gasteiger partial charge in [-0.3, -0.25) is 14.5 Å². The number of nitrogens with one attached hydrogen (secondary N) is 1. The standard InChI is InChI=1S/C30H46IN3O6/c1-18-22-14-21(30(22,3)4)15-24(18)32-29(37)27-26(19(2)36)25(17-35)40-34(27)16-20-6-5-7-23(31)28(20)39-13-10-33-8-11-38-12-9-33/h5-7,18-19,21-22,24-27,35-36H,8-17H2,1-4H3,(H,32,37)/t18?,19-,21+,22-,24-,25?,26+,27-/m0/s1. The lowest BCUT2D eigenvalue weighted by atomic mass is 9.45. The largest absolute Gasteiger partial charge is 0.491 e. The van der Waals surface area contributed by atoms with E-state index in [1.807, 2.05) is 18.2 Å². The van der Waals surface area contributed by atoms with Gasteiger partial charge in [-0.05, 0) is 71.6 Å². The Balaban J connectivity index is 1.31. The average molecular weight is 672 g/mol. The molecule has 9 nitrogen and oxygen atoms in total. The summed E-state index contributed by atoms with van der Waals surface area (Å²) in [4.78, 5) is 22.5. The van der Waals surface area contributed by atoms with E-state index in [0.717, 1.165) is 54.2 Å². The topological polar surface area (TPSA) is 104 Å². The van der Waals surface area contributed by atoms with E-state index in [0.29, 0.717) is 36.3 Å². The molecule has 5 fully saturated rings. The molecule has 224 valence electrons. The first kappa shape index (κ1) is 30.4. The van der Waals surface area contributed by atoms with E-state index in [1.165, 1.54) is 6.42 Å². The van der Waals surface area contributed by atoms with Crippen LogP contribution in [0, 0.1) is 32.7 Å². The van der Waals surface area contributed by atoms with Crippen molar-refractivity contribution in [2.45, 2.75) is 71.4 Å². The van der Waals surface area contributed by atoms with Gasteiger partial charge in [0, 0.05) is 37.2 Å². The highest BCUT2D eigenvalue weighted by atomic mass is 127. The molecule has 10 heteroatoms. The van der Waals surface area contributed by atoms with Crippen molar-refractivity contribution in [1.82, 2.24) is 15.3 Å². The molecule has 2 heterocycles. The maximum absolute atomic E-state index is 13.9. The summed E-state index contributed by atoms with van der Waals surface area (Å²) in [7, 11) is 0. The maximum atomic E-state index is 13.9. The van der Waals surface area contributed by atoms with Crippen LogP contribution in [0.5, 0.6) is 5.75 Å². The van der Waals surface area contributed by atoms with E-state index in [9.17, 15) is 15.0 Å². The smallest absolute Gasteiger partial charge is 0.240 e. The molecular formula is C30H46IN3O6. The Bertz CT molecular complexity index is 1030. The fourth-order valence-electron chi connectivity index (χ4n) is 7.59. The number of para-hydroxylation sites is 1. The highest BCUT2D eigenvalue weighted by molar-refractivity contribution is 14.1. The lowest BCUT2D eigenvalue weighted by molar-refractivity contribution is -0.183. The number of morpholine rings is 1. The molecule has 1 aromatic carbocycles. The van der Waals surface area contributed by atoms with Crippen LogP contribution in [0.2, 0.25) is 0 Å². The van der Waals surface area contributed by atoms with Crippen LogP contribution >= 0.6 is 22.6 Å². The second-order valence-corrected chi connectivity index (χ2v) is 13.9. The Morgan fingerprint density at radius 1 is 1.27 bits per heavy atom. The van der Waals surface area contributed by atoms with E-state index in [4.69, 9.17) is 14.3 Å². The van der Waals surface area contributed by atoms with Crippen LogP contribution in [0.25, 0.3) is 0 Å². The highest BCUT2D eigenvalue weighted by Gasteiger charge is 2.57. The molecule has 0 radical (unpaired) electrons. The van der Waals surface area contributed by atoms with Gasteiger partial charge in [-0.15, -0.1) is 0 Å². The predicted molar refractivity (Wildman–Crippen MR) is 159 cm³/mol. The second-order valence-electron chi connectivity index (χ2n) is 12.8. The monoisotopic (exact) mass is 671 g/mol. The molecule has 2 bridgehead atoms. The van der Waals surface area contributed by atoms with E-state index in [2.05, 4.69) is 53.6 Å². The van der Waals surface area contributed by atoms with E-state index in [-0.39, 0.29) is 18.6 Å². The van der Waals surface area contributed by atoms with Crippen molar-refractivity contribution in [3.63, 3.8) is 0 Å². The SMILES string of the molecule is CC1[C@@H](NC(=O)[C@@H]2[C@H]([C@H](C)O)C(CO)ON2Cc2cccc(I)c2OCCN2CCOCC2)C[C@H]2C[C@@H]1C2(C)C. The first-order valence-electron chi connectivity index (χ1n) is 14.8. The van der Waals surface area contributed by atoms with Crippen molar-refractivity contribution in [2.75, 3.05) is 46.1 Å². The Hall–Kier alpha value is -1.02. The zero-order valence-corrected chi connectivity index (χ0v) is 26.4. The van der Waals surface area contributed by atoms with Crippen LogP contribution in [-0.2, 0) is 20.9 Å². The minimum Gasteiger partial charge on any atom is -0.491 e. The number of hydrogen-bond acceptors (Lipinski definition) is 8. The van der Waals surface area contributed by atoms with E-state index >= 15 is 0 Å². The number of ether oxygens (including phenoxy) is 2. The number of rotatable bonds is 10. The third-order valence-electron chi connectivity index (χ3n) is 10.2. The number of fused-ring (bicyclic) bond motifs is 2. The van der Waals surface area contributed by atoms with Crippen molar-refractivity contribution in [1.29, 1.82) is 0 Å². The summed E-state index contributed by atoms with van der Waals surface area (Å²) in [6.07, 6.45) is 0.725. The zero-order valence-electron chi connectivity index (χ0n) is 24.2. The van der Waals surface area contributed by atoms with Gasteiger partial charge in [-0.2, -0.15) is 5.06 Å². The van der Waals surface area contributed by atoms with Gasteiger partial charge in [0.25, 0.3) is 0 Å². The normalized spacial score (nSPS) is 34.7. The molecule has 5 aliphatic rings. The number of nitrogens with zero attached hydrogens (tertiary/aromatic N) is 2. The first-order chi connectivity index (χ1) is 19.1. The maximum Gasteiger partial charge on any atom is 0.240 e. The van der Waals surface area contributed by atoms with Crippen molar-refractivity contribution in [2.24, 2.45) is 29.1 Å². The number of carbonyl (C=O) groups excluding carboxylic acids is 1. The van der Waals surface area contributed by atoms with Gasteiger partial charge in [0.15, 0.2) is 0 Å². The Morgan fingerprint density at radius 2 is 2.02 bits per heavy atom. The van der Waals surface area contributed by atoms with Gasteiger partial charge in [0.1, 0.15) is 24.5 Å². The first-order valence-corrected chi connectivity index (χ1v) is 15.9. The summed E-state index contributed by atoms with van der Waals surface area (Å²) in [5.41, 5.74) is 1.24. The van der Waals surface area contributed by atoms with Crippen molar-refractivity contribution >= 4 is 28.5 Å². The lowest BCUT2D eigenvalue weighted by Crippen LogP contribution is -2.62. The minimum absolute atomic E-state index is 0.103. The molecule has 0 spiro atoms. The Labute approximate surface area is 252 Å². The molecule has 2 aliphatic heterocycles. The minimum atomic E-state index is -0.825. The summed E-state index contributed by atoms with van der Waals surface area (Å²) in [6, 6.07) is 5.35. The summed E-state index contributed by atoms with van der Waals surface area (Å²) in [5.74, 6) is 1.70. The molecule has 1 aromatic rings. The van der Waals surface area contributed by atoms with Gasteiger partial charge in [-0.1, -0.05) is 32.9 Å². The average Bonchev–Trinajstić information content (AvgIpc) is 3.30. The second kappa shape index (κ2) is 12.7. The van der Waals surface area contributed by atoms with Crippen LogP contribution < -0.4 is 10.1 Å². The molecule has 3 aliphatic carbocycles. The molecule has 2 unspecified atom stereocenters. The third kappa shape index (κ3) is 6.05. The number of amides is 1. The number of carbonyl (C=O) groups is 1. The molecule has 6 rings (SSSR count). The summed E-state index contributed by atoms with van der Waals surface area (Å²) >= 11 is 2.28. The quantitative estimate of drug-likeness (QED) is 0.327. The number of aliphatic hydroxyl groups is 2. The summed E-state index contributed by atoms with van der Waals surface area (Å²) < 4.78 is 12.7. The summed E-state index contributed by atoms with van der Waals surface area (Å²) in [5, 5.41) is 25.9. The van der Waals surface area contributed by atoms with Crippen LogP contribution in [0.1, 0.15) is 46.1 Å². The fourth-order valence-corrected chi connectivity index (χ4v) is 8.30. The Kier molecular flexibility index (Phi) is 9.66. The van der Waals surface area contributed by atoms with Gasteiger partial charge < -0.3 is 25.0 Å². The molecule has 1 amide bonds. The van der Waals surface area contributed by atoms with Crippen LogP contribution in [0.4, 0.5) is 0 Å². The molecule has 8 atom stereocenters. The molecule has 0 aromatic heterocycles. The molecule has 40 heavy (non-hydrogen) atoms. The lowest BCUT2D eigenvalue weighted by Gasteiger charge is -2.62.